The maximum absolute atomic E-state index is 14.8. The van der Waals surface area contributed by atoms with E-state index < -0.39 is 28.5 Å². The highest BCUT2D eigenvalue weighted by Gasteiger charge is 2.35. The van der Waals surface area contributed by atoms with Crippen LogP contribution in [0.25, 0.3) is 0 Å². The van der Waals surface area contributed by atoms with Gasteiger partial charge < -0.3 is 24.4 Å². The fourth-order valence-corrected chi connectivity index (χ4v) is 7.09. The number of sulfonamides is 1. The molecule has 0 radical (unpaired) electrons. The summed E-state index contributed by atoms with van der Waals surface area (Å²) in [5.41, 5.74) is 1.62. The maximum atomic E-state index is 14.8. The number of ether oxygens (including phenoxy) is 3. The van der Waals surface area contributed by atoms with Crippen molar-refractivity contribution in [2.45, 2.75) is 57.1 Å². The zero-order chi connectivity index (χ0) is 37.1. The lowest BCUT2D eigenvalue weighted by atomic mass is 10.0. The molecule has 0 aromatic heterocycles. The van der Waals surface area contributed by atoms with E-state index in [1.54, 1.807) is 42.5 Å². The Bertz CT molecular complexity index is 1890. The van der Waals surface area contributed by atoms with Crippen molar-refractivity contribution in [1.29, 1.82) is 0 Å². The largest absolute Gasteiger partial charge is 0.494 e. The van der Waals surface area contributed by atoms with Crippen molar-refractivity contribution in [3.05, 3.63) is 112 Å². The lowest BCUT2D eigenvalue weighted by molar-refractivity contribution is -0.140. The average Bonchev–Trinajstić information content (AvgIpc) is 3.13. The third-order valence-electron chi connectivity index (χ3n) is 8.27. The minimum Gasteiger partial charge on any atom is -0.494 e. The molecule has 0 fully saturated rings. The number of anilines is 1. The lowest BCUT2D eigenvalue weighted by Gasteiger charge is -2.34. The molecule has 4 aromatic rings. The normalized spacial score (nSPS) is 12.4. The zero-order valence-electron chi connectivity index (χ0n) is 29.3. The molecule has 51 heavy (non-hydrogen) atoms. The summed E-state index contributed by atoms with van der Waals surface area (Å²) in [6, 6.07) is 23.7. The van der Waals surface area contributed by atoms with Gasteiger partial charge in [-0.05, 0) is 79.9 Å². The molecule has 0 aliphatic carbocycles. The average molecular weight is 757 g/mol. The minimum absolute atomic E-state index is 0.0608. The molecule has 0 saturated carbocycles. The Morgan fingerprint density at radius 2 is 1.51 bits per heavy atom. The highest BCUT2D eigenvalue weighted by Crippen LogP contribution is 2.33. The van der Waals surface area contributed by atoms with Crippen molar-refractivity contribution in [2.75, 3.05) is 31.7 Å². The van der Waals surface area contributed by atoms with Crippen LogP contribution in [0.15, 0.2) is 95.9 Å². The Kier molecular flexibility index (Phi) is 14.0. The summed E-state index contributed by atoms with van der Waals surface area (Å²) in [4.78, 5) is 30.1. The molecule has 13 heteroatoms. The Morgan fingerprint density at radius 3 is 2.12 bits per heavy atom. The van der Waals surface area contributed by atoms with E-state index in [1.165, 1.54) is 37.3 Å². The Balaban J connectivity index is 1.85. The van der Waals surface area contributed by atoms with Crippen LogP contribution in [-0.4, -0.2) is 64.6 Å². The number of benzene rings is 4. The fraction of sp³-hybridized carbons (Fsp3) is 0.316. The number of methoxy groups -OCH3 is 2. The SMILES string of the molecule is CCOc1ccc(N(CC(=O)N(Cc2ccc(Cl)c(Cl)c2)[C@@H](Cc2ccccc2)C(=O)N[C@H](C)CC)S(=O)(=O)c2ccc(OC)c(OC)c2)cc1. The monoisotopic (exact) mass is 755 g/mol. The molecule has 272 valence electrons. The van der Waals surface area contributed by atoms with Crippen LogP contribution >= 0.6 is 23.2 Å². The van der Waals surface area contributed by atoms with Crippen LogP contribution in [0.5, 0.6) is 17.2 Å². The van der Waals surface area contributed by atoms with Gasteiger partial charge in [0.2, 0.25) is 11.8 Å². The molecule has 1 N–H and O–H groups in total. The number of carbonyl (C=O) groups excluding carboxylic acids is 2. The van der Waals surface area contributed by atoms with Gasteiger partial charge in [-0.2, -0.15) is 0 Å². The number of hydrogen-bond donors (Lipinski definition) is 1. The molecule has 0 aliphatic heterocycles. The van der Waals surface area contributed by atoms with Gasteiger partial charge in [0.05, 0.1) is 41.5 Å². The van der Waals surface area contributed by atoms with Crippen LogP contribution in [0, 0.1) is 0 Å². The first-order valence-corrected chi connectivity index (χ1v) is 18.7. The van der Waals surface area contributed by atoms with E-state index in [0.717, 1.165) is 9.87 Å². The van der Waals surface area contributed by atoms with Gasteiger partial charge in [-0.15, -0.1) is 0 Å². The van der Waals surface area contributed by atoms with Crippen molar-refractivity contribution in [2.24, 2.45) is 0 Å². The van der Waals surface area contributed by atoms with Gasteiger partial charge in [0.1, 0.15) is 18.3 Å². The van der Waals surface area contributed by atoms with Gasteiger partial charge >= 0.3 is 0 Å². The fourth-order valence-electron chi connectivity index (χ4n) is 5.34. The molecule has 0 bridgehead atoms. The first kappa shape index (κ1) is 39.3. The Labute approximate surface area is 310 Å². The molecular formula is C38H43Cl2N3O7S. The van der Waals surface area contributed by atoms with Crippen LogP contribution in [-0.2, 0) is 32.6 Å². The molecule has 0 heterocycles. The second kappa shape index (κ2) is 18.2. The van der Waals surface area contributed by atoms with E-state index in [9.17, 15) is 18.0 Å². The third kappa shape index (κ3) is 10.1. The van der Waals surface area contributed by atoms with Gasteiger partial charge in [0, 0.05) is 25.1 Å². The van der Waals surface area contributed by atoms with Gasteiger partial charge in [-0.25, -0.2) is 8.42 Å². The predicted octanol–water partition coefficient (Wildman–Crippen LogP) is 7.16. The van der Waals surface area contributed by atoms with Gasteiger partial charge in [0.25, 0.3) is 10.0 Å². The molecule has 4 rings (SSSR count). The quantitative estimate of drug-likeness (QED) is 0.122. The van der Waals surface area contributed by atoms with E-state index in [1.807, 2.05) is 51.1 Å². The number of amides is 2. The van der Waals surface area contributed by atoms with Gasteiger partial charge in [0.15, 0.2) is 11.5 Å². The van der Waals surface area contributed by atoms with E-state index in [0.29, 0.717) is 35.1 Å². The summed E-state index contributed by atoms with van der Waals surface area (Å²) in [5.74, 6) is 0.0598. The van der Waals surface area contributed by atoms with Crippen molar-refractivity contribution in [3.63, 3.8) is 0 Å². The Morgan fingerprint density at radius 1 is 0.824 bits per heavy atom. The molecule has 0 aliphatic rings. The highest BCUT2D eigenvalue weighted by molar-refractivity contribution is 7.92. The lowest BCUT2D eigenvalue weighted by Crippen LogP contribution is -2.54. The summed E-state index contributed by atoms with van der Waals surface area (Å²) < 4.78 is 46.3. The number of nitrogens with one attached hydrogen (secondary N) is 1. The standard InChI is InChI=1S/C38H43Cl2N3O7S/c1-6-26(3)41-38(45)34(22-27-11-9-8-10-12-27)42(24-28-13-19-32(39)33(40)21-28)37(44)25-43(29-14-16-30(17-15-29)50-7-2)51(46,47)31-18-20-35(48-4)36(23-31)49-5/h8-21,23,26,34H,6-7,22,24-25H2,1-5H3,(H,41,45)/t26-,34+/m1/s1. The maximum Gasteiger partial charge on any atom is 0.264 e. The summed E-state index contributed by atoms with van der Waals surface area (Å²) in [6.07, 6.45) is 0.835. The van der Waals surface area contributed by atoms with Crippen LogP contribution in [0.3, 0.4) is 0 Å². The summed E-state index contributed by atoms with van der Waals surface area (Å²) in [6.45, 7) is 5.38. The topological polar surface area (TPSA) is 114 Å². The van der Waals surface area contributed by atoms with Crippen LogP contribution in [0.1, 0.15) is 38.3 Å². The van der Waals surface area contributed by atoms with E-state index in [2.05, 4.69) is 5.32 Å². The second-order valence-corrected chi connectivity index (χ2v) is 14.4. The summed E-state index contributed by atoms with van der Waals surface area (Å²) in [5, 5.41) is 3.63. The predicted molar refractivity (Wildman–Crippen MR) is 201 cm³/mol. The highest BCUT2D eigenvalue weighted by atomic mass is 35.5. The molecule has 10 nitrogen and oxygen atoms in total. The first-order valence-electron chi connectivity index (χ1n) is 16.5. The molecule has 2 atom stereocenters. The van der Waals surface area contributed by atoms with E-state index >= 15 is 0 Å². The van der Waals surface area contributed by atoms with Crippen LogP contribution in [0.4, 0.5) is 5.69 Å². The van der Waals surface area contributed by atoms with Crippen molar-refractivity contribution in [1.82, 2.24) is 10.2 Å². The molecule has 2 amide bonds. The number of nitrogens with zero attached hydrogens (tertiary/aromatic N) is 2. The molecule has 0 spiro atoms. The first-order chi connectivity index (χ1) is 24.4. The van der Waals surface area contributed by atoms with Gasteiger partial charge in [-0.1, -0.05) is 66.5 Å². The van der Waals surface area contributed by atoms with E-state index in [-0.39, 0.29) is 46.3 Å². The Hall–Kier alpha value is -4.45. The minimum atomic E-state index is -4.41. The van der Waals surface area contributed by atoms with Gasteiger partial charge in [-0.3, -0.25) is 13.9 Å². The van der Waals surface area contributed by atoms with Crippen molar-refractivity contribution < 1.29 is 32.2 Å². The molecule has 0 saturated heterocycles. The van der Waals surface area contributed by atoms with Crippen molar-refractivity contribution >= 4 is 50.7 Å². The number of halogens is 2. The molecule has 4 aromatic carbocycles. The second-order valence-electron chi connectivity index (χ2n) is 11.7. The molecular weight excluding hydrogens is 713 g/mol. The summed E-state index contributed by atoms with van der Waals surface area (Å²) >= 11 is 12.6. The van der Waals surface area contributed by atoms with Crippen LogP contribution < -0.4 is 23.8 Å². The zero-order valence-corrected chi connectivity index (χ0v) is 31.6. The smallest absolute Gasteiger partial charge is 0.264 e. The number of hydrogen-bond acceptors (Lipinski definition) is 7. The van der Waals surface area contributed by atoms with E-state index in [4.69, 9.17) is 37.4 Å². The molecule has 0 unspecified atom stereocenters. The number of carbonyl (C=O) groups is 2. The number of rotatable bonds is 17. The van der Waals surface area contributed by atoms with Crippen LogP contribution in [0.2, 0.25) is 10.0 Å². The third-order valence-corrected chi connectivity index (χ3v) is 10.8. The summed E-state index contributed by atoms with van der Waals surface area (Å²) in [7, 11) is -1.56. The van der Waals surface area contributed by atoms with Crippen molar-refractivity contribution in [3.8, 4) is 17.2 Å².